The lowest BCUT2D eigenvalue weighted by molar-refractivity contribution is -0.225. The van der Waals surface area contributed by atoms with E-state index in [1.54, 1.807) is 24.3 Å². The Morgan fingerprint density at radius 3 is 2.54 bits per heavy atom. The second-order valence-corrected chi connectivity index (χ2v) is 2.40. The van der Waals surface area contributed by atoms with Crippen LogP contribution < -0.4 is 5.46 Å². The molecule has 4 nitrogen and oxygen atoms in total. The SMILES string of the molecule is OCCOOB(O)c1ccccc1. The number of rotatable bonds is 5. The van der Waals surface area contributed by atoms with Gasteiger partial charge in [-0.1, -0.05) is 30.3 Å². The third-order valence-electron chi connectivity index (χ3n) is 1.42. The molecule has 1 aromatic rings. The van der Waals surface area contributed by atoms with Crippen molar-refractivity contribution in [1.29, 1.82) is 0 Å². The van der Waals surface area contributed by atoms with Crippen LogP contribution in [0.5, 0.6) is 0 Å². The Balaban J connectivity index is 2.35. The topological polar surface area (TPSA) is 58.9 Å². The molecular weight excluding hydrogens is 171 g/mol. The zero-order valence-corrected chi connectivity index (χ0v) is 7.09. The zero-order valence-electron chi connectivity index (χ0n) is 7.09. The molecular formula is C8H11BO4. The number of hydrogen-bond acceptors (Lipinski definition) is 4. The quantitative estimate of drug-likeness (QED) is 0.274. The molecule has 0 spiro atoms. The fourth-order valence-corrected chi connectivity index (χ4v) is 0.823. The van der Waals surface area contributed by atoms with Crippen LogP contribution in [0.15, 0.2) is 30.3 Å². The molecule has 0 aliphatic carbocycles. The second kappa shape index (κ2) is 5.72. The van der Waals surface area contributed by atoms with Gasteiger partial charge in [0.25, 0.3) is 0 Å². The van der Waals surface area contributed by atoms with Crippen LogP contribution >= 0.6 is 0 Å². The molecule has 0 fully saturated rings. The van der Waals surface area contributed by atoms with Gasteiger partial charge in [0.1, 0.15) is 6.61 Å². The lowest BCUT2D eigenvalue weighted by Gasteiger charge is -2.05. The van der Waals surface area contributed by atoms with Crippen molar-refractivity contribution in [2.75, 3.05) is 13.2 Å². The van der Waals surface area contributed by atoms with Crippen LogP contribution in [-0.4, -0.2) is 30.5 Å². The van der Waals surface area contributed by atoms with Crippen molar-refractivity contribution >= 4 is 12.6 Å². The fourth-order valence-electron chi connectivity index (χ4n) is 0.823. The van der Waals surface area contributed by atoms with E-state index in [0.29, 0.717) is 5.46 Å². The summed E-state index contributed by atoms with van der Waals surface area (Å²) in [6.45, 7) is -0.0919. The first-order chi connectivity index (χ1) is 6.34. The molecule has 2 N–H and O–H groups in total. The molecule has 0 unspecified atom stereocenters. The van der Waals surface area contributed by atoms with Gasteiger partial charge in [0, 0.05) is 0 Å². The van der Waals surface area contributed by atoms with Crippen LogP contribution in [0.1, 0.15) is 0 Å². The minimum absolute atomic E-state index is 0.0455. The molecule has 0 bridgehead atoms. The molecule has 0 saturated carbocycles. The highest BCUT2D eigenvalue weighted by Crippen LogP contribution is 1.88. The summed E-state index contributed by atoms with van der Waals surface area (Å²) in [7, 11) is -1.10. The van der Waals surface area contributed by atoms with Gasteiger partial charge in [0.05, 0.1) is 6.61 Å². The second-order valence-electron chi connectivity index (χ2n) is 2.40. The smallest absolute Gasteiger partial charge is 0.422 e. The molecule has 0 aliphatic heterocycles. The van der Waals surface area contributed by atoms with E-state index in [2.05, 4.69) is 9.69 Å². The normalized spacial score (nSPS) is 10.0. The van der Waals surface area contributed by atoms with E-state index in [4.69, 9.17) is 5.11 Å². The van der Waals surface area contributed by atoms with Gasteiger partial charge < -0.3 is 10.1 Å². The van der Waals surface area contributed by atoms with Gasteiger partial charge in [0.15, 0.2) is 0 Å². The van der Waals surface area contributed by atoms with Crippen molar-refractivity contribution < 1.29 is 19.8 Å². The average Bonchev–Trinajstić information content (AvgIpc) is 2.19. The van der Waals surface area contributed by atoms with Crippen LogP contribution in [0.4, 0.5) is 0 Å². The van der Waals surface area contributed by atoms with E-state index in [9.17, 15) is 5.02 Å². The molecule has 1 aromatic carbocycles. The predicted octanol–water partition coefficient (Wildman–Crippen LogP) is -0.685. The summed E-state index contributed by atoms with van der Waals surface area (Å²) in [5.41, 5.74) is 0.612. The third-order valence-corrected chi connectivity index (χ3v) is 1.42. The Kier molecular flexibility index (Phi) is 4.49. The third kappa shape index (κ3) is 3.56. The van der Waals surface area contributed by atoms with Crippen molar-refractivity contribution in [2.24, 2.45) is 0 Å². The maximum atomic E-state index is 9.32. The van der Waals surface area contributed by atoms with E-state index < -0.39 is 7.12 Å². The Morgan fingerprint density at radius 2 is 1.92 bits per heavy atom. The Labute approximate surface area is 76.8 Å². The first-order valence-electron chi connectivity index (χ1n) is 3.96. The van der Waals surface area contributed by atoms with Crippen molar-refractivity contribution in [3.8, 4) is 0 Å². The summed E-state index contributed by atoms with van der Waals surface area (Å²) in [4.78, 5) is 9.06. The van der Waals surface area contributed by atoms with Crippen molar-refractivity contribution in [1.82, 2.24) is 0 Å². The van der Waals surface area contributed by atoms with Gasteiger partial charge in [-0.05, 0) is 5.46 Å². The van der Waals surface area contributed by atoms with E-state index in [0.717, 1.165) is 0 Å². The summed E-state index contributed by atoms with van der Waals surface area (Å²) >= 11 is 0. The van der Waals surface area contributed by atoms with Crippen LogP contribution in [0, 0.1) is 0 Å². The summed E-state index contributed by atoms with van der Waals surface area (Å²) in [5, 5.41) is 17.7. The minimum atomic E-state index is -1.10. The van der Waals surface area contributed by atoms with E-state index >= 15 is 0 Å². The Hall–Kier alpha value is -0.875. The van der Waals surface area contributed by atoms with E-state index in [1.165, 1.54) is 0 Å². The summed E-state index contributed by atoms with van der Waals surface area (Å²) in [6.07, 6.45) is 0. The molecule has 1 rings (SSSR count). The molecule has 5 heteroatoms. The predicted molar refractivity (Wildman–Crippen MR) is 48.2 cm³/mol. The average molecular weight is 182 g/mol. The first-order valence-corrected chi connectivity index (χ1v) is 3.96. The van der Waals surface area contributed by atoms with Crippen LogP contribution in [0.2, 0.25) is 0 Å². The van der Waals surface area contributed by atoms with Gasteiger partial charge >= 0.3 is 7.12 Å². The molecule has 0 amide bonds. The summed E-state index contributed by atoms with van der Waals surface area (Å²) in [5.74, 6) is 0. The molecule has 0 aromatic heterocycles. The monoisotopic (exact) mass is 182 g/mol. The number of hydrogen-bond donors (Lipinski definition) is 2. The minimum Gasteiger partial charge on any atom is -0.422 e. The molecule has 0 atom stereocenters. The lowest BCUT2D eigenvalue weighted by Crippen LogP contribution is -2.33. The fraction of sp³-hybridized carbons (Fsp3) is 0.250. The highest BCUT2D eigenvalue weighted by molar-refractivity contribution is 6.59. The van der Waals surface area contributed by atoms with Gasteiger partial charge in [0.2, 0.25) is 0 Å². The van der Waals surface area contributed by atoms with Crippen molar-refractivity contribution in [3.63, 3.8) is 0 Å². The van der Waals surface area contributed by atoms with E-state index in [-0.39, 0.29) is 13.2 Å². The molecule has 13 heavy (non-hydrogen) atoms. The lowest BCUT2D eigenvalue weighted by atomic mass is 9.80. The largest absolute Gasteiger partial charge is 0.523 e. The maximum absolute atomic E-state index is 9.32. The van der Waals surface area contributed by atoms with Gasteiger partial charge in [-0.25, -0.2) is 4.89 Å². The zero-order chi connectivity index (χ0) is 9.52. The van der Waals surface area contributed by atoms with Crippen LogP contribution in [0.3, 0.4) is 0 Å². The highest BCUT2D eigenvalue weighted by atomic mass is 17.2. The maximum Gasteiger partial charge on any atom is 0.523 e. The standard InChI is InChI=1S/C8H11BO4/c10-6-7-12-13-9(11)8-4-2-1-3-5-8/h1-5,10-11H,6-7H2. The van der Waals surface area contributed by atoms with Gasteiger partial charge in [-0.15, -0.1) is 0 Å². The van der Waals surface area contributed by atoms with Crippen molar-refractivity contribution in [2.45, 2.75) is 0 Å². The van der Waals surface area contributed by atoms with Crippen LogP contribution in [-0.2, 0) is 9.69 Å². The van der Waals surface area contributed by atoms with Gasteiger partial charge in [-0.2, -0.15) is 0 Å². The Bertz CT molecular complexity index is 229. The van der Waals surface area contributed by atoms with Crippen molar-refractivity contribution in [3.05, 3.63) is 30.3 Å². The number of benzene rings is 1. The first kappa shape index (κ1) is 10.2. The highest BCUT2D eigenvalue weighted by Gasteiger charge is 2.16. The summed E-state index contributed by atoms with van der Waals surface area (Å²) < 4.78 is 0. The molecule has 0 heterocycles. The van der Waals surface area contributed by atoms with Crippen LogP contribution in [0.25, 0.3) is 0 Å². The number of aliphatic hydroxyl groups excluding tert-OH is 1. The molecule has 0 saturated heterocycles. The number of aliphatic hydroxyl groups is 1. The summed E-state index contributed by atoms with van der Waals surface area (Å²) in [6, 6.07) is 8.84. The molecule has 0 radical (unpaired) electrons. The van der Waals surface area contributed by atoms with Gasteiger partial charge in [-0.3, -0.25) is 4.81 Å². The molecule has 70 valence electrons. The Morgan fingerprint density at radius 1 is 1.23 bits per heavy atom. The molecule has 0 aliphatic rings. The van der Waals surface area contributed by atoms with E-state index in [1.807, 2.05) is 6.07 Å².